The zero-order valence-corrected chi connectivity index (χ0v) is 13.6. The van der Waals surface area contributed by atoms with Crippen LogP contribution in [0.4, 0.5) is 0 Å². The zero-order valence-electron chi connectivity index (χ0n) is 12.0. The fraction of sp³-hybridized carbons (Fsp3) is 0.333. The van der Waals surface area contributed by atoms with Gasteiger partial charge in [0.1, 0.15) is 0 Å². The summed E-state index contributed by atoms with van der Waals surface area (Å²) in [6.45, 7) is 6.52. The van der Waals surface area contributed by atoms with E-state index >= 15 is 0 Å². The first-order valence-electron chi connectivity index (χ1n) is 7.12. The standard InChI is InChI=1S/C18H20BrN/c1-13-6-7-14(2)15(8-13)10-18(11-20-12-18)16-4-3-5-17(19)9-16/h3-9,20H,10-12H2,1-2H3. The molecule has 2 aromatic rings. The SMILES string of the molecule is Cc1ccc(C)c(CC2(c3cccc(Br)c3)CNC2)c1. The minimum atomic E-state index is 0.252. The van der Waals surface area contributed by atoms with Crippen LogP contribution in [0.15, 0.2) is 46.9 Å². The van der Waals surface area contributed by atoms with Crippen molar-refractivity contribution >= 4 is 15.9 Å². The van der Waals surface area contributed by atoms with Gasteiger partial charge in [-0.15, -0.1) is 0 Å². The maximum atomic E-state index is 3.60. The lowest BCUT2D eigenvalue weighted by molar-refractivity contribution is 0.274. The van der Waals surface area contributed by atoms with Gasteiger partial charge in [-0.25, -0.2) is 0 Å². The summed E-state index contributed by atoms with van der Waals surface area (Å²) in [4.78, 5) is 0. The molecule has 0 saturated carbocycles. The molecule has 0 amide bonds. The molecular weight excluding hydrogens is 310 g/mol. The molecule has 3 rings (SSSR count). The van der Waals surface area contributed by atoms with E-state index in [1.165, 1.54) is 26.7 Å². The monoisotopic (exact) mass is 329 g/mol. The Bertz CT molecular complexity index is 629. The van der Waals surface area contributed by atoms with Crippen LogP contribution in [-0.4, -0.2) is 13.1 Å². The van der Waals surface area contributed by atoms with Crippen molar-refractivity contribution in [1.29, 1.82) is 0 Å². The second kappa shape index (κ2) is 5.34. The Hall–Kier alpha value is -1.12. The van der Waals surface area contributed by atoms with E-state index in [-0.39, 0.29) is 5.41 Å². The van der Waals surface area contributed by atoms with Crippen molar-refractivity contribution < 1.29 is 0 Å². The van der Waals surface area contributed by atoms with Gasteiger partial charge < -0.3 is 5.32 Å². The average Bonchev–Trinajstić information content (AvgIpc) is 2.38. The predicted molar refractivity (Wildman–Crippen MR) is 88.3 cm³/mol. The molecule has 0 atom stereocenters. The Morgan fingerprint density at radius 2 is 1.90 bits per heavy atom. The highest BCUT2D eigenvalue weighted by atomic mass is 79.9. The molecule has 0 aliphatic carbocycles. The second-order valence-electron chi connectivity index (χ2n) is 6.00. The Morgan fingerprint density at radius 3 is 2.55 bits per heavy atom. The number of rotatable bonds is 3. The van der Waals surface area contributed by atoms with Crippen molar-refractivity contribution in [2.75, 3.05) is 13.1 Å². The maximum absolute atomic E-state index is 3.60. The van der Waals surface area contributed by atoms with Gasteiger partial charge in [0.25, 0.3) is 0 Å². The number of aryl methyl sites for hydroxylation is 2. The summed E-state index contributed by atoms with van der Waals surface area (Å²) in [6.07, 6.45) is 1.12. The van der Waals surface area contributed by atoms with Gasteiger partial charge in [-0.3, -0.25) is 0 Å². The molecule has 1 nitrogen and oxygen atoms in total. The van der Waals surface area contributed by atoms with E-state index in [9.17, 15) is 0 Å². The van der Waals surface area contributed by atoms with Crippen LogP contribution >= 0.6 is 15.9 Å². The average molecular weight is 330 g/mol. The Kier molecular flexibility index (Phi) is 3.70. The highest BCUT2D eigenvalue weighted by molar-refractivity contribution is 9.10. The van der Waals surface area contributed by atoms with Gasteiger partial charge in [-0.1, -0.05) is 51.8 Å². The summed E-state index contributed by atoms with van der Waals surface area (Å²) in [5.74, 6) is 0. The minimum absolute atomic E-state index is 0.252. The van der Waals surface area contributed by atoms with Crippen molar-refractivity contribution in [3.05, 3.63) is 69.2 Å². The Labute approximate surface area is 129 Å². The van der Waals surface area contributed by atoms with Gasteiger partial charge in [0, 0.05) is 23.0 Å². The summed E-state index contributed by atoms with van der Waals surface area (Å²) >= 11 is 3.60. The molecule has 1 saturated heterocycles. The lowest BCUT2D eigenvalue weighted by atomic mass is 9.70. The van der Waals surface area contributed by atoms with Gasteiger partial charge in [-0.2, -0.15) is 0 Å². The van der Waals surface area contributed by atoms with Gasteiger partial charge in [0.05, 0.1) is 0 Å². The molecule has 0 spiro atoms. The van der Waals surface area contributed by atoms with E-state index in [4.69, 9.17) is 0 Å². The summed E-state index contributed by atoms with van der Waals surface area (Å²) in [6, 6.07) is 15.6. The first-order chi connectivity index (χ1) is 9.59. The number of hydrogen-bond acceptors (Lipinski definition) is 1. The lowest BCUT2D eigenvalue weighted by Gasteiger charge is -2.44. The summed E-state index contributed by atoms with van der Waals surface area (Å²) in [7, 11) is 0. The molecule has 0 bridgehead atoms. The summed E-state index contributed by atoms with van der Waals surface area (Å²) in [5.41, 5.74) is 5.92. The van der Waals surface area contributed by atoms with Crippen LogP contribution in [0.1, 0.15) is 22.3 Å². The molecule has 104 valence electrons. The smallest absolute Gasteiger partial charge is 0.0243 e. The highest BCUT2D eigenvalue weighted by Gasteiger charge is 2.39. The van der Waals surface area contributed by atoms with Crippen LogP contribution in [-0.2, 0) is 11.8 Å². The lowest BCUT2D eigenvalue weighted by Crippen LogP contribution is -2.58. The molecule has 1 aliphatic rings. The van der Waals surface area contributed by atoms with Crippen molar-refractivity contribution in [2.45, 2.75) is 25.7 Å². The molecular formula is C18H20BrN. The van der Waals surface area contributed by atoms with Crippen molar-refractivity contribution in [3.8, 4) is 0 Å². The maximum Gasteiger partial charge on any atom is 0.0243 e. The largest absolute Gasteiger partial charge is 0.315 e. The van der Waals surface area contributed by atoms with E-state index in [2.05, 4.69) is 77.6 Å². The third-order valence-electron chi connectivity index (χ3n) is 4.40. The predicted octanol–water partition coefficient (Wildman–Crippen LogP) is 4.15. The molecule has 0 unspecified atom stereocenters. The van der Waals surface area contributed by atoms with E-state index < -0.39 is 0 Å². The van der Waals surface area contributed by atoms with Crippen LogP contribution in [0.5, 0.6) is 0 Å². The van der Waals surface area contributed by atoms with Crippen molar-refractivity contribution in [1.82, 2.24) is 5.32 Å². The number of hydrogen-bond donors (Lipinski definition) is 1. The molecule has 1 N–H and O–H groups in total. The summed E-state index contributed by atoms with van der Waals surface area (Å²) < 4.78 is 1.17. The fourth-order valence-corrected chi connectivity index (χ4v) is 3.43. The van der Waals surface area contributed by atoms with E-state index in [0.29, 0.717) is 0 Å². The first kappa shape index (κ1) is 13.8. The number of nitrogens with one attached hydrogen (secondary N) is 1. The normalized spacial score (nSPS) is 16.8. The zero-order chi connectivity index (χ0) is 14.2. The number of benzene rings is 2. The van der Waals surface area contributed by atoms with Crippen molar-refractivity contribution in [3.63, 3.8) is 0 Å². The van der Waals surface area contributed by atoms with E-state index in [0.717, 1.165) is 19.5 Å². The van der Waals surface area contributed by atoms with E-state index in [1.54, 1.807) is 0 Å². The van der Waals surface area contributed by atoms with Crippen LogP contribution in [0.3, 0.4) is 0 Å². The Balaban J connectivity index is 1.96. The molecule has 2 aromatic carbocycles. The first-order valence-corrected chi connectivity index (χ1v) is 7.91. The minimum Gasteiger partial charge on any atom is -0.315 e. The van der Waals surface area contributed by atoms with Crippen molar-refractivity contribution in [2.24, 2.45) is 0 Å². The van der Waals surface area contributed by atoms with Crippen LogP contribution in [0, 0.1) is 13.8 Å². The van der Waals surface area contributed by atoms with Crippen LogP contribution in [0.25, 0.3) is 0 Å². The van der Waals surface area contributed by atoms with Gasteiger partial charge in [0.15, 0.2) is 0 Å². The highest BCUT2D eigenvalue weighted by Crippen LogP contribution is 2.34. The molecule has 20 heavy (non-hydrogen) atoms. The third kappa shape index (κ3) is 2.55. The fourth-order valence-electron chi connectivity index (χ4n) is 3.03. The molecule has 2 heteroatoms. The van der Waals surface area contributed by atoms with Crippen LogP contribution in [0.2, 0.25) is 0 Å². The molecule has 1 aliphatic heterocycles. The topological polar surface area (TPSA) is 12.0 Å². The molecule has 0 radical (unpaired) electrons. The third-order valence-corrected chi connectivity index (χ3v) is 4.89. The van der Waals surface area contributed by atoms with Gasteiger partial charge >= 0.3 is 0 Å². The van der Waals surface area contributed by atoms with Crippen LogP contribution < -0.4 is 5.32 Å². The molecule has 0 aromatic heterocycles. The number of halogens is 1. The van der Waals surface area contributed by atoms with Gasteiger partial charge in [-0.05, 0) is 49.1 Å². The molecule has 1 fully saturated rings. The quantitative estimate of drug-likeness (QED) is 0.891. The second-order valence-corrected chi connectivity index (χ2v) is 6.92. The van der Waals surface area contributed by atoms with E-state index in [1.807, 2.05) is 0 Å². The molecule has 1 heterocycles. The Morgan fingerprint density at radius 1 is 1.10 bits per heavy atom. The summed E-state index contributed by atoms with van der Waals surface area (Å²) in [5, 5.41) is 3.46. The van der Waals surface area contributed by atoms with Gasteiger partial charge in [0.2, 0.25) is 0 Å².